The highest BCUT2D eigenvalue weighted by Crippen LogP contribution is 2.15. The van der Waals surface area contributed by atoms with Gasteiger partial charge in [0.2, 0.25) is 0 Å². The minimum Gasteiger partial charge on any atom is -0.478 e. The van der Waals surface area contributed by atoms with Gasteiger partial charge in [0.05, 0.1) is 5.56 Å². The zero-order chi connectivity index (χ0) is 14.5. The van der Waals surface area contributed by atoms with Crippen LogP contribution < -0.4 is 5.32 Å². The van der Waals surface area contributed by atoms with E-state index in [2.05, 4.69) is 12.2 Å². The van der Waals surface area contributed by atoms with Crippen molar-refractivity contribution >= 4 is 17.3 Å². The average Bonchev–Trinajstić information content (AvgIpc) is 2.88. The summed E-state index contributed by atoms with van der Waals surface area (Å²) < 4.78 is 12.8. The first-order valence-corrected chi connectivity index (χ1v) is 7.21. The second-order valence-corrected chi connectivity index (χ2v) is 5.72. The molecule has 106 valence electrons. The van der Waals surface area contributed by atoms with Crippen molar-refractivity contribution in [2.45, 2.75) is 25.9 Å². The summed E-state index contributed by atoms with van der Waals surface area (Å²) in [7, 11) is 0. The Hall–Kier alpha value is -1.72. The number of benzene rings is 1. The Bertz CT molecular complexity index is 580. The van der Waals surface area contributed by atoms with Crippen LogP contribution in [0.3, 0.4) is 0 Å². The molecular formula is C15H16FNO2S. The van der Waals surface area contributed by atoms with Gasteiger partial charge in [-0.05, 0) is 37.1 Å². The lowest BCUT2D eigenvalue weighted by Crippen LogP contribution is -2.27. The van der Waals surface area contributed by atoms with E-state index in [0.29, 0.717) is 12.1 Å². The SMILES string of the molecule is CC(Cc1ccc(F)cc1)NCc1cc(C(=O)O)cs1. The van der Waals surface area contributed by atoms with Gasteiger partial charge in [-0.3, -0.25) is 0 Å². The summed E-state index contributed by atoms with van der Waals surface area (Å²) in [4.78, 5) is 11.8. The molecule has 1 aromatic heterocycles. The molecule has 5 heteroatoms. The van der Waals surface area contributed by atoms with E-state index in [1.165, 1.54) is 23.5 Å². The Kier molecular flexibility index (Phi) is 4.87. The number of aromatic carboxylic acids is 1. The van der Waals surface area contributed by atoms with Crippen molar-refractivity contribution in [1.82, 2.24) is 5.32 Å². The molecule has 0 aliphatic rings. The standard InChI is InChI=1S/C15H16FNO2S/c1-10(6-11-2-4-13(16)5-3-11)17-8-14-7-12(9-20-14)15(18)19/h2-5,7,9-10,17H,6,8H2,1H3,(H,18,19). The van der Waals surface area contributed by atoms with Crippen LogP contribution in [0.15, 0.2) is 35.7 Å². The molecule has 1 aromatic carbocycles. The van der Waals surface area contributed by atoms with Gasteiger partial charge in [-0.2, -0.15) is 0 Å². The van der Waals surface area contributed by atoms with E-state index in [0.717, 1.165) is 16.9 Å². The number of thiophene rings is 1. The number of hydrogen-bond donors (Lipinski definition) is 2. The maximum absolute atomic E-state index is 12.8. The van der Waals surface area contributed by atoms with Crippen molar-refractivity contribution in [3.8, 4) is 0 Å². The minimum atomic E-state index is -0.896. The van der Waals surface area contributed by atoms with Crippen LogP contribution in [0.4, 0.5) is 4.39 Å². The Morgan fingerprint density at radius 2 is 2.10 bits per heavy atom. The molecule has 2 N–H and O–H groups in total. The third kappa shape index (κ3) is 4.15. The van der Waals surface area contributed by atoms with E-state index in [9.17, 15) is 9.18 Å². The predicted octanol–water partition coefficient (Wildman–Crippen LogP) is 3.31. The van der Waals surface area contributed by atoms with Gasteiger partial charge in [-0.25, -0.2) is 9.18 Å². The molecule has 2 rings (SSSR count). The van der Waals surface area contributed by atoms with E-state index in [1.54, 1.807) is 23.6 Å². The van der Waals surface area contributed by atoms with Crippen LogP contribution in [0.25, 0.3) is 0 Å². The highest BCUT2D eigenvalue weighted by molar-refractivity contribution is 7.10. The van der Waals surface area contributed by atoms with E-state index in [4.69, 9.17) is 5.11 Å². The van der Waals surface area contributed by atoms with Crippen LogP contribution >= 0.6 is 11.3 Å². The molecule has 20 heavy (non-hydrogen) atoms. The molecule has 0 spiro atoms. The molecular weight excluding hydrogens is 277 g/mol. The van der Waals surface area contributed by atoms with E-state index >= 15 is 0 Å². The molecule has 1 unspecified atom stereocenters. The minimum absolute atomic E-state index is 0.228. The van der Waals surface area contributed by atoms with Crippen molar-refractivity contribution in [2.75, 3.05) is 0 Å². The van der Waals surface area contributed by atoms with Gasteiger partial charge in [0, 0.05) is 22.8 Å². The fourth-order valence-corrected chi connectivity index (χ4v) is 2.72. The highest BCUT2D eigenvalue weighted by atomic mass is 32.1. The second-order valence-electron chi connectivity index (χ2n) is 4.72. The smallest absolute Gasteiger partial charge is 0.336 e. The Balaban J connectivity index is 1.83. The molecule has 0 saturated carbocycles. The van der Waals surface area contributed by atoms with Gasteiger partial charge in [-0.1, -0.05) is 12.1 Å². The fraction of sp³-hybridized carbons (Fsp3) is 0.267. The summed E-state index contributed by atoms with van der Waals surface area (Å²) in [5.41, 5.74) is 1.40. The van der Waals surface area contributed by atoms with Gasteiger partial charge >= 0.3 is 5.97 Å². The molecule has 0 aliphatic heterocycles. The Morgan fingerprint density at radius 3 is 2.70 bits per heavy atom. The predicted molar refractivity (Wildman–Crippen MR) is 77.7 cm³/mol. The summed E-state index contributed by atoms with van der Waals surface area (Å²) in [6, 6.07) is 8.39. The monoisotopic (exact) mass is 293 g/mol. The van der Waals surface area contributed by atoms with Crippen LogP contribution in [-0.2, 0) is 13.0 Å². The van der Waals surface area contributed by atoms with Crippen molar-refractivity contribution in [2.24, 2.45) is 0 Å². The van der Waals surface area contributed by atoms with E-state index in [1.807, 2.05) is 0 Å². The summed E-state index contributed by atoms with van der Waals surface area (Å²) in [5, 5.41) is 13.8. The van der Waals surface area contributed by atoms with E-state index in [-0.39, 0.29) is 11.9 Å². The second kappa shape index (κ2) is 6.63. The Morgan fingerprint density at radius 1 is 1.40 bits per heavy atom. The summed E-state index contributed by atoms with van der Waals surface area (Å²) in [6.45, 7) is 2.69. The molecule has 1 atom stereocenters. The topological polar surface area (TPSA) is 49.3 Å². The van der Waals surface area contributed by atoms with Crippen LogP contribution in [0.1, 0.15) is 27.7 Å². The summed E-state index contributed by atoms with van der Waals surface area (Å²) in [6.07, 6.45) is 0.803. The molecule has 3 nitrogen and oxygen atoms in total. The zero-order valence-corrected chi connectivity index (χ0v) is 11.9. The lowest BCUT2D eigenvalue weighted by molar-refractivity contribution is 0.0697. The van der Waals surface area contributed by atoms with Gasteiger partial charge in [-0.15, -0.1) is 11.3 Å². The molecule has 1 heterocycles. The number of halogens is 1. The van der Waals surface area contributed by atoms with E-state index < -0.39 is 5.97 Å². The van der Waals surface area contributed by atoms with Gasteiger partial charge < -0.3 is 10.4 Å². The van der Waals surface area contributed by atoms with Crippen LogP contribution in [-0.4, -0.2) is 17.1 Å². The maximum Gasteiger partial charge on any atom is 0.336 e. The van der Waals surface area contributed by atoms with Crippen molar-refractivity contribution in [1.29, 1.82) is 0 Å². The lowest BCUT2D eigenvalue weighted by Gasteiger charge is -2.13. The summed E-state index contributed by atoms with van der Waals surface area (Å²) >= 11 is 1.44. The van der Waals surface area contributed by atoms with Crippen molar-refractivity contribution in [3.63, 3.8) is 0 Å². The first kappa shape index (κ1) is 14.7. The van der Waals surface area contributed by atoms with Gasteiger partial charge in [0.1, 0.15) is 5.82 Å². The first-order chi connectivity index (χ1) is 9.54. The lowest BCUT2D eigenvalue weighted by atomic mass is 10.1. The molecule has 2 aromatic rings. The molecule has 0 bridgehead atoms. The van der Waals surface area contributed by atoms with Crippen molar-refractivity contribution < 1.29 is 14.3 Å². The number of carbonyl (C=O) groups is 1. The van der Waals surface area contributed by atoms with Crippen LogP contribution in [0.2, 0.25) is 0 Å². The molecule has 0 amide bonds. The maximum atomic E-state index is 12.8. The summed E-state index contributed by atoms with van der Waals surface area (Å²) in [5.74, 6) is -1.12. The largest absolute Gasteiger partial charge is 0.478 e. The fourth-order valence-electron chi connectivity index (χ4n) is 1.91. The third-order valence-electron chi connectivity index (χ3n) is 2.98. The molecule has 0 saturated heterocycles. The van der Waals surface area contributed by atoms with Crippen LogP contribution in [0.5, 0.6) is 0 Å². The number of nitrogens with one attached hydrogen (secondary N) is 1. The number of carboxylic acids is 1. The van der Waals surface area contributed by atoms with Gasteiger partial charge in [0.25, 0.3) is 0 Å². The third-order valence-corrected chi connectivity index (χ3v) is 3.92. The molecule has 0 aliphatic carbocycles. The first-order valence-electron chi connectivity index (χ1n) is 6.33. The van der Waals surface area contributed by atoms with Gasteiger partial charge in [0.15, 0.2) is 0 Å². The normalized spacial score (nSPS) is 12.3. The zero-order valence-electron chi connectivity index (χ0n) is 11.1. The number of carboxylic acid groups (broad SMARTS) is 1. The number of rotatable bonds is 6. The Labute approximate surface area is 121 Å². The molecule has 0 fully saturated rings. The van der Waals surface area contributed by atoms with Crippen molar-refractivity contribution in [3.05, 3.63) is 57.5 Å². The molecule has 0 radical (unpaired) electrons. The quantitative estimate of drug-likeness (QED) is 0.859. The average molecular weight is 293 g/mol. The highest BCUT2D eigenvalue weighted by Gasteiger charge is 2.08. The van der Waals surface area contributed by atoms with Crippen LogP contribution in [0, 0.1) is 5.82 Å². The number of hydrogen-bond acceptors (Lipinski definition) is 3.